The zero-order valence-electron chi connectivity index (χ0n) is 15.9. The molecular weight excluding hydrogens is 417 g/mol. The Balaban J connectivity index is 1.55. The molecule has 2 aliphatic rings. The SMILES string of the molecule is Cc1nn(Cc2ccc(Cl)cc2Cl)c(C)c1NC(=O)[C@H]1[C@@H](C(=O)[O-])[C@@H]2CC[C@H]1O2. The quantitative estimate of drug-likeness (QED) is 0.775. The average Bonchev–Trinajstić information content (AvgIpc) is 3.34. The molecule has 2 aromatic rings. The van der Waals surface area contributed by atoms with Crippen LogP contribution >= 0.6 is 23.2 Å². The molecule has 9 heteroatoms. The van der Waals surface area contributed by atoms with Crippen LogP contribution in [-0.4, -0.2) is 33.9 Å². The number of halogens is 2. The van der Waals surface area contributed by atoms with Crippen molar-refractivity contribution in [2.24, 2.45) is 11.8 Å². The highest BCUT2D eigenvalue weighted by molar-refractivity contribution is 6.35. The van der Waals surface area contributed by atoms with Crippen molar-refractivity contribution in [2.75, 3.05) is 5.32 Å². The second kappa shape index (κ2) is 7.63. The van der Waals surface area contributed by atoms with Gasteiger partial charge in [0.15, 0.2) is 0 Å². The number of aryl methyl sites for hydroxylation is 1. The first-order chi connectivity index (χ1) is 13.8. The third-order valence-corrected chi connectivity index (χ3v) is 6.40. The summed E-state index contributed by atoms with van der Waals surface area (Å²) < 4.78 is 7.40. The van der Waals surface area contributed by atoms with Gasteiger partial charge in [-0.2, -0.15) is 5.10 Å². The number of aromatic nitrogens is 2. The highest BCUT2D eigenvalue weighted by atomic mass is 35.5. The molecular formula is C20H20Cl2N3O4-. The molecule has 154 valence electrons. The molecule has 29 heavy (non-hydrogen) atoms. The molecule has 0 radical (unpaired) electrons. The predicted molar refractivity (Wildman–Crippen MR) is 106 cm³/mol. The second-order valence-electron chi connectivity index (χ2n) is 7.59. The number of fused-ring (bicyclic) bond motifs is 2. The Bertz CT molecular complexity index is 990. The molecule has 1 aromatic heterocycles. The van der Waals surface area contributed by atoms with Gasteiger partial charge in [0.05, 0.1) is 41.7 Å². The number of rotatable bonds is 5. The van der Waals surface area contributed by atoms with E-state index in [-0.39, 0.29) is 12.0 Å². The number of carbonyl (C=O) groups excluding carboxylic acids is 2. The smallest absolute Gasteiger partial charge is 0.230 e. The topological polar surface area (TPSA) is 96.3 Å². The van der Waals surface area contributed by atoms with Gasteiger partial charge in [-0.3, -0.25) is 9.48 Å². The number of carbonyl (C=O) groups is 2. The number of anilines is 1. The highest BCUT2D eigenvalue weighted by Crippen LogP contribution is 2.44. The Morgan fingerprint density at radius 1 is 1.24 bits per heavy atom. The van der Waals surface area contributed by atoms with E-state index >= 15 is 0 Å². The van der Waals surface area contributed by atoms with Gasteiger partial charge in [0.2, 0.25) is 5.91 Å². The maximum atomic E-state index is 12.9. The lowest BCUT2D eigenvalue weighted by atomic mass is 9.78. The van der Waals surface area contributed by atoms with Crippen LogP contribution in [0.4, 0.5) is 5.69 Å². The monoisotopic (exact) mass is 436 g/mol. The van der Waals surface area contributed by atoms with Crippen molar-refractivity contribution in [2.45, 2.75) is 45.4 Å². The zero-order chi connectivity index (χ0) is 20.9. The molecule has 3 heterocycles. The minimum Gasteiger partial charge on any atom is -0.550 e. The molecule has 1 amide bonds. The largest absolute Gasteiger partial charge is 0.550 e. The van der Waals surface area contributed by atoms with E-state index in [4.69, 9.17) is 27.9 Å². The molecule has 4 rings (SSSR count). The van der Waals surface area contributed by atoms with Crippen LogP contribution < -0.4 is 10.4 Å². The van der Waals surface area contributed by atoms with Gasteiger partial charge in [0.1, 0.15) is 0 Å². The van der Waals surface area contributed by atoms with Crippen LogP contribution in [-0.2, 0) is 20.9 Å². The first-order valence-corrected chi connectivity index (χ1v) is 10.2. The van der Waals surface area contributed by atoms with Crippen LogP contribution in [0.25, 0.3) is 0 Å². The van der Waals surface area contributed by atoms with Crippen molar-refractivity contribution >= 4 is 40.8 Å². The number of benzene rings is 1. The van der Waals surface area contributed by atoms with Crippen molar-refractivity contribution in [1.82, 2.24) is 9.78 Å². The van der Waals surface area contributed by atoms with Gasteiger partial charge in [-0.25, -0.2) is 0 Å². The number of nitrogens with one attached hydrogen (secondary N) is 1. The number of carboxylic acid groups (broad SMARTS) is 1. The molecule has 0 unspecified atom stereocenters. The summed E-state index contributed by atoms with van der Waals surface area (Å²) in [5.41, 5.74) is 2.80. The lowest BCUT2D eigenvalue weighted by molar-refractivity contribution is -0.313. The lowest BCUT2D eigenvalue weighted by Crippen LogP contribution is -2.46. The molecule has 2 saturated heterocycles. The number of hydrogen-bond donors (Lipinski definition) is 1. The molecule has 1 aromatic carbocycles. The van der Waals surface area contributed by atoms with Gasteiger partial charge in [0.25, 0.3) is 0 Å². The van der Waals surface area contributed by atoms with Crippen LogP contribution in [0.1, 0.15) is 29.8 Å². The first-order valence-electron chi connectivity index (χ1n) is 9.41. The normalized spacial score (nSPS) is 25.4. The Hall–Kier alpha value is -2.09. The maximum Gasteiger partial charge on any atom is 0.230 e. The summed E-state index contributed by atoms with van der Waals surface area (Å²) in [6.07, 6.45) is 0.494. The summed E-state index contributed by atoms with van der Waals surface area (Å²) in [6.45, 7) is 4.04. The number of aliphatic carboxylic acids is 1. The molecule has 0 spiro atoms. The molecule has 7 nitrogen and oxygen atoms in total. The van der Waals surface area contributed by atoms with E-state index in [1.54, 1.807) is 23.7 Å². The van der Waals surface area contributed by atoms with Crippen molar-refractivity contribution in [3.63, 3.8) is 0 Å². The van der Waals surface area contributed by atoms with E-state index < -0.39 is 23.9 Å². The standard InChI is InChI=1S/C20H21Cl2N3O4/c1-9-18(10(2)25(24-9)8-11-3-4-12(21)7-13(11)22)23-19(26)16-14-5-6-15(29-14)17(16)20(27)28/h3-4,7,14-17H,5-6,8H2,1-2H3,(H,23,26)(H,27,28)/p-1/t14-,15+,16-,17+/m1/s1. The summed E-state index contributed by atoms with van der Waals surface area (Å²) >= 11 is 12.2. The fraction of sp³-hybridized carbons (Fsp3) is 0.450. The Labute approximate surface area is 177 Å². The maximum absolute atomic E-state index is 12.9. The van der Waals surface area contributed by atoms with Crippen molar-refractivity contribution in [3.05, 3.63) is 45.2 Å². The first kappa shape index (κ1) is 20.2. The summed E-state index contributed by atoms with van der Waals surface area (Å²) in [4.78, 5) is 24.5. The number of nitrogens with zero attached hydrogens (tertiary/aromatic N) is 2. The van der Waals surface area contributed by atoms with Gasteiger partial charge in [0, 0.05) is 21.9 Å². The molecule has 2 bridgehead atoms. The van der Waals surface area contributed by atoms with Crippen LogP contribution in [0.3, 0.4) is 0 Å². The Kier molecular flexibility index (Phi) is 5.31. The predicted octanol–water partition coefficient (Wildman–Crippen LogP) is 2.34. The lowest BCUT2D eigenvalue weighted by Gasteiger charge is -2.27. The van der Waals surface area contributed by atoms with Crippen LogP contribution in [0.2, 0.25) is 10.0 Å². The summed E-state index contributed by atoms with van der Waals surface area (Å²) in [7, 11) is 0. The van der Waals surface area contributed by atoms with Crippen molar-refractivity contribution in [1.29, 1.82) is 0 Å². The number of hydrogen-bond acceptors (Lipinski definition) is 5. The van der Waals surface area contributed by atoms with Gasteiger partial charge in [-0.05, 0) is 44.4 Å². The summed E-state index contributed by atoms with van der Waals surface area (Å²) in [5.74, 6) is -3.29. The number of amides is 1. The van der Waals surface area contributed by atoms with E-state index in [1.807, 2.05) is 13.0 Å². The van der Waals surface area contributed by atoms with Crippen molar-refractivity contribution in [3.8, 4) is 0 Å². The minimum atomic E-state index is -1.24. The number of ether oxygens (including phenoxy) is 1. The van der Waals surface area contributed by atoms with Gasteiger partial charge in [-0.1, -0.05) is 29.3 Å². The summed E-state index contributed by atoms with van der Waals surface area (Å²) in [6, 6.07) is 5.25. The summed E-state index contributed by atoms with van der Waals surface area (Å²) in [5, 5.41) is 20.0. The molecule has 0 aliphatic carbocycles. The molecule has 0 saturated carbocycles. The van der Waals surface area contributed by atoms with Crippen LogP contribution in [0, 0.1) is 25.7 Å². The Morgan fingerprint density at radius 2 is 1.93 bits per heavy atom. The van der Waals surface area contributed by atoms with Gasteiger partial charge < -0.3 is 20.0 Å². The molecule has 4 atom stereocenters. The highest BCUT2D eigenvalue weighted by Gasteiger charge is 2.53. The van der Waals surface area contributed by atoms with E-state index in [2.05, 4.69) is 10.4 Å². The van der Waals surface area contributed by atoms with E-state index in [1.165, 1.54) is 0 Å². The minimum absolute atomic E-state index is 0.373. The third-order valence-electron chi connectivity index (χ3n) is 5.81. The second-order valence-corrected chi connectivity index (χ2v) is 8.43. The van der Waals surface area contributed by atoms with Gasteiger partial charge >= 0.3 is 0 Å². The average molecular weight is 437 g/mol. The van der Waals surface area contributed by atoms with Crippen molar-refractivity contribution < 1.29 is 19.4 Å². The zero-order valence-corrected chi connectivity index (χ0v) is 17.5. The molecule has 2 fully saturated rings. The number of carboxylic acids is 1. The third kappa shape index (κ3) is 3.63. The fourth-order valence-electron chi connectivity index (χ4n) is 4.36. The fourth-order valence-corrected chi connectivity index (χ4v) is 4.83. The van der Waals surface area contributed by atoms with E-state index in [0.29, 0.717) is 40.8 Å². The van der Waals surface area contributed by atoms with Crippen LogP contribution in [0.5, 0.6) is 0 Å². The molecule has 2 aliphatic heterocycles. The van der Waals surface area contributed by atoms with E-state index in [9.17, 15) is 14.7 Å². The van der Waals surface area contributed by atoms with E-state index in [0.717, 1.165) is 11.3 Å². The Morgan fingerprint density at radius 3 is 2.59 bits per heavy atom. The van der Waals surface area contributed by atoms with Crippen LogP contribution in [0.15, 0.2) is 18.2 Å². The van der Waals surface area contributed by atoms with Gasteiger partial charge in [-0.15, -0.1) is 0 Å². The molecule has 1 N–H and O–H groups in total.